The van der Waals surface area contributed by atoms with E-state index in [1.165, 1.54) is 0 Å². The van der Waals surface area contributed by atoms with Crippen molar-refractivity contribution in [2.24, 2.45) is 0 Å². The Morgan fingerprint density at radius 1 is 1.12 bits per heavy atom. The first kappa shape index (κ1) is 16.7. The third kappa shape index (κ3) is 3.43. The summed E-state index contributed by atoms with van der Waals surface area (Å²) < 4.78 is 16.3. The number of rotatable bonds is 3. The van der Waals surface area contributed by atoms with Crippen molar-refractivity contribution in [2.75, 3.05) is 30.1 Å². The number of pyridine rings is 1. The van der Waals surface area contributed by atoms with Crippen LogP contribution in [-0.2, 0) is 4.74 Å². The third-order valence-electron chi connectivity index (χ3n) is 4.38. The van der Waals surface area contributed by atoms with E-state index in [9.17, 15) is 4.79 Å². The fourth-order valence-corrected chi connectivity index (χ4v) is 3.25. The lowest BCUT2D eigenvalue weighted by Crippen LogP contribution is -2.45. The fraction of sp³-hybridized carbons (Fsp3) is 0.368. The number of aromatic nitrogens is 1. The van der Waals surface area contributed by atoms with Crippen LogP contribution in [0.3, 0.4) is 0 Å². The van der Waals surface area contributed by atoms with E-state index in [4.69, 9.17) is 14.2 Å². The van der Waals surface area contributed by atoms with Gasteiger partial charge in [-0.25, -0.2) is 4.98 Å². The van der Waals surface area contributed by atoms with Gasteiger partial charge in [0.25, 0.3) is 5.91 Å². The maximum atomic E-state index is 12.4. The van der Waals surface area contributed by atoms with Crippen molar-refractivity contribution in [3.05, 3.63) is 42.1 Å². The summed E-state index contributed by atoms with van der Waals surface area (Å²) in [6, 6.07) is 8.97. The van der Waals surface area contributed by atoms with Crippen LogP contribution in [0.4, 0.5) is 11.5 Å². The Kier molecular flexibility index (Phi) is 4.38. The molecule has 136 valence electrons. The molecule has 0 spiro atoms. The van der Waals surface area contributed by atoms with Crippen molar-refractivity contribution in [1.82, 2.24) is 4.98 Å². The minimum absolute atomic E-state index is 0.162. The van der Waals surface area contributed by atoms with Gasteiger partial charge in [0.1, 0.15) is 5.82 Å². The number of carbonyl (C=O) groups excluding carboxylic acids is 1. The second-order valence-corrected chi connectivity index (χ2v) is 6.59. The monoisotopic (exact) mass is 355 g/mol. The number of anilines is 2. The summed E-state index contributed by atoms with van der Waals surface area (Å²) >= 11 is 0. The van der Waals surface area contributed by atoms with Crippen LogP contribution in [-0.4, -0.2) is 43.0 Å². The molecule has 2 aromatic rings. The van der Waals surface area contributed by atoms with Gasteiger partial charge in [-0.1, -0.05) is 0 Å². The summed E-state index contributed by atoms with van der Waals surface area (Å²) in [5.41, 5.74) is 1.15. The largest absolute Gasteiger partial charge is 0.454 e. The number of morpholine rings is 1. The maximum absolute atomic E-state index is 12.4. The summed E-state index contributed by atoms with van der Waals surface area (Å²) in [5.74, 6) is 1.95. The number of benzene rings is 1. The van der Waals surface area contributed by atoms with E-state index in [0.717, 1.165) is 18.9 Å². The Bertz CT molecular complexity index is 799. The predicted molar refractivity (Wildman–Crippen MR) is 97.0 cm³/mol. The molecule has 0 aliphatic carbocycles. The topological polar surface area (TPSA) is 72.9 Å². The predicted octanol–water partition coefficient (Wildman–Crippen LogP) is 2.68. The van der Waals surface area contributed by atoms with Crippen LogP contribution in [0.15, 0.2) is 36.5 Å². The standard InChI is InChI=1S/C19H21N3O4/c1-12-9-22(10-13(2)26-12)18-6-3-14(8-20-18)19(23)21-15-4-5-16-17(7-15)25-11-24-16/h3-8,12-13H,9-11H2,1-2H3,(H,21,23)/t12-,13-/m0/s1. The normalized spacial score (nSPS) is 21.5. The molecule has 1 N–H and O–H groups in total. The van der Waals surface area contributed by atoms with Crippen molar-refractivity contribution >= 4 is 17.4 Å². The second-order valence-electron chi connectivity index (χ2n) is 6.59. The van der Waals surface area contributed by atoms with Gasteiger partial charge in [0, 0.05) is 31.0 Å². The molecular weight excluding hydrogens is 334 g/mol. The summed E-state index contributed by atoms with van der Waals surface area (Å²) in [5, 5.41) is 2.85. The maximum Gasteiger partial charge on any atom is 0.257 e. The first-order chi connectivity index (χ1) is 12.6. The fourth-order valence-electron chi connectivity index (χ4n) is 3.25. The first-order valence-corrected chi connectivity index (χ1v) is 8.66. The van der Waals surface area contributed by atoms with Gasteiger partial charge in [0.2, 0.25) is 6.79 Å². The lowest BCUT2D eigenvalue weighted by Gasteiger charge is -2.36. The van der Waals surface area contributed by atoms with Gasteiger partial charge in [-0.05, 0) is 38.1 Å². The van der Waals surface area contributed by atoms with Crippen molar-refractivity contribution in [1.29, 1.82) is 0 Å². The molecule has 0 radical (unpaired) electrons. The van der Waals surface area contributed by atoms with E-state index in [0.29, 0.717) is 22.7 Å². The Labute approximate surface area is 151 Å². The highest BCUT2D eigenvalue weighted by Gasteiger charge is 2.23. The molecule has 2 aliphatic rings. The molecule has 4 rings (SSSR count). The highest BCUT2D eigenvalue weighted by Crippen LogP contribution is 2.34. The molecule has 1 saturated heterocycles. The lowest BCUT2D eigenvalue weighted by molar-refractivity contribution is -0.00546. The molecule has 7 nitrogen and oxygen atoms in total. The quantitative estimate of drug-likeness (QED) is 0.913. The van der Waals surface area contributed by atoms with Crippen molar-refractivity contribution in [3.63, 3.8) is 0 Å². The number of amides is 1. The number of hydrogen-bond acceptors (Lipinski definition) is 6. The average molecular weight is 355 g/mol. The Hall–Kier alpha value is -2.80. The van der Waals surface area contributed by atoms with Gasteiger partial charge in [-0.15, -0.1) is 0 Å². The van der Waals surface area contributed by atoms with Gasteiger partial charge in [0.05, 0.1) is 17.8 Å². The van der Waals surface area contributed by atoms with Crippen LogP contribution >= 0.6 is 0 Å². The van der Waals surface area contributed by atoms with Crippen molar-refractivity contribution < 1.29 is 19.0 Å². The second kappa shape index (κ2) is 6.84. The minimum Gasteiger partial charge on any atom is -0.454 e. The number of fused-ring (bicyclic) bond motifs is 1. The number of nitrogens with zero attached hydrogens (tertiary/aromatic N) is 2. The van der Waals surface area contributed by atoms with E-state index in [2.05, 4.69) is 29.0 Å². The summed E-state index contributed by atoms with van der Waals surface area (Å²) in [4.78, 5) is 19.1. The zero-order valence-corrected chi connectivity index (χ0v) is 14.8. The van der Waals surface area contributed by atoms with E-state index in [-0.39, 0.29) is 24.9 Å². The smallest absolute Gasteiger partial charge is 0.257 e. The van der Waals surface area contributed by atoms with Crippen molar-refractivity contribution in [2.45, 2.75) is 26.1 Å². The van der Waals surface area contributed by atoms with E-state index < -0.39 is 0 Å². The zero-order chi connectivity index (χ0) is 18.1. The zero-order valence-electron chi connectivity index (χ0n) is 14.8. The van der Waals surface area contributed by atoms with E-state index in [1.807, 2.05) is 6.07 Å². The van der Waals surface area contributed by atoms with Gasteiger partial charge in [-0.3, -0.25) is 4.79 Å². The minimum atomic E-state index is -0.216. The molecule has 0 saturated carbocycles. The van der Waals surface area contributed by atoms with Crippen LogP contribution in [0.2, 0.25) is 0 Å². The molecule has 1 amide bonds. The average Bonchev–Trinajstić information content (AvgIpc) is 3.09. The Morgan fingerprint density at radius 2 is 1.88 bits per heavy atom. The van der Waals surface area contributed by atoms with Crippen molar-refractivity contribution in [3.8, 4) is 11.5 Å². The highest BCUT2D eigenvalue weighted by molar-refractivity contribution is 6.04. The van der Waals surface area contributed by atoms with Gasteiger partial charge in [0.15, 0.2) is 11.5 Å². The first-order valence-electron chi connectivity index (χ1n) is 8.66. The molecule has 1 aromatic carbocycles. The number of nitrogens with one attached hydrogen (secondary N) is 1. The van der Waals surface area contributed by atoms with Gasteiger partial charge < -0.3 is 24.4 Å². The van der Waals surface area contributed by atoms with E-state index >= 15 is 0 Å². The molecule has 2 aliphatic heterocycles. The molecule has 1 fully saturated rings. The highest BCUT2D eigenvalue weighted by atomic mass is 16.7. The van der Waals surface area contributed by atoms with Gasteiger partial charge >= 0.3 is 0 Å². The van der Waals surface area contributed by atoms with Crippen LogP contribution in [0.1, 0.15) is 24.2 Å². The lowest BCUT2D eigenvalue weighted by atomic mass is 10.2. The molecular formula is C19H21N3O4. The third-order valence-corrected chi connectivity index (χ3v) is 4.38. The Morgan fingerprint density at radius 3 is 2.62 bits per heavy atom. The van der Waals surface area contributed by atoms with Crippen LogP contribution in [0.5, 0.6) is 11.5 Å². The summed E-state index contributed by atoms with van der Waals surface area (Å²) in [6.07, 6.45) is 1.92. The van der Waals surface area contributed by atoms with Gasteiger partial charge in [-0.2, -0.15) is 0 Å². The Balaban J connectivity index is 1.44. The molecule has 2 atom stereocenters. The van der Waals surface area contributed by atoms with Crippen LogP contribution < -0.4 is 19.7 Å². The molecule has 1 aromatic heterocycles. The number of ether oxygens (including phenoxy) is 3. The molecule has 26 heavy (non-hydrogen) atoms. The molecule has 0 unspecified atom stereocenters. The molecule has 7 heteroatoms. The van der Waals surface area contributed by atoms with Crippen LogP contribution in [0.25, 0.3) is 0 Å². The van der Waals surface area contributed by atoms with E-state index in [1.54, 1.807) is 30.5 Å². The number of hydrogen-bond donors (Lipinski definition) is 1. The summed E-state index contributed by atoms with van der Waals surface area (Å²) in [7, 11) is 0. The molecule has 0 bridgehead atoms. The molecule has 3 heterocycles. The number of carbonyl (C=O) groups is 1. The summed E-state index contributed by atoms with van der Waals surface area (Å²) in [6.45, 7) is 5.89. The SMILES string of the molecule is C[C@H]1CN(c2ccc(C(=O)Nc3ccc4c(c3)OCO4)cn2)C[C@H](C)O1. The van der Waals surface area contributed by atoms with Crippen LogP contribution in [0, 0.1) is 0 Å².